The highest BCUT2D eigenvalue weighted by Crippen LogP contribution is 2.47. The summed E-state index contributed by atoms with van der Waals surface area (Å²) in [6, 6.07) is 9.34. The molecule has 0 spiro atoms. The minimum absolute atomic E-state index is 0.00234. The number of aromatic amines is 1. The molecule has 0 aliphatic heterocycles. The summed E-state index contributed by atoms with van der Waals surface area (Å²) in [5.41, 5.74) is 1.68. The van der Waals surface area contributed by atoms with Crippen LogP contribution in [0.2, 0.25) is 5.15 Å². The SMILES string of the molecule is O=C(O)[C@H]1C2CCC(CC2)[C@@H]1Nc1nc(-c2c[nH]c3nc(Cl)cnc23)nc(-c2cc3ccccc3s2)c1F. The van der Waals surface area contributed by atoms with Gasteiger partial charge in [0.2, 0.25) is 0 Å². The maximum Gasteiger partial charge on any atom is 0.308 e. The molecule has 0 saturated heterocycles. The summed E-state index contributed by atoms with van der Waals surface area (Å²) in [5, 5.41) is 14.5. The fraction of sp³-hybridized carbons (Fsp3) is 0.296. The number of carbonyl (C=O) groups is 1. The Labute approximate surface area is 225 Å². The molecule has 8 rings (SSSR count). The fourth-order valence-electron chi connectivity index (χ4n) is 6.14. The molecule has 5 aromatic rings. The first-order valence-corrected chi connectivity index (χ1v) is 13.7. The van der Waals surface area contributed by atoms with Gasteiger partial charge in [-0.3, -0.25) is 4.79 Å². The van der Waals surface area contributed by atoms with Crippen molar-refractivity contribution in [2.45, 2.75) is 31.7 Å². The van der Waals surface area contributed by atoms with Crippen molar-refractivity contribution in [3.63, 3.8) is 0 Å². The molecule has 2 bridgehead atoms. The van der Waals surface area contributed by atoms with Crippen molar-refractivity contribution in [2.75, 3.05) is 5.32 Å². The molecule has 2 atom stereocenters. The van der Waals surface area contributed by atoms with Gasteiger partial charge < -0.3 is 15.4 Å². The van der Waals surface area contributed by atoms with E-state index in [4.69, 9.17) is 11.6 Å². The number of hydrogen-bond acceptors (Lipinski definition) is 7. The largest absolute Gasteiger partial charge is 0.481 e. The van der Waals surface area contributed by atoms with Gasteiger partial charge in [0.05, 0.1) is 22.6 Å². The molecule has 192 valence electrons. The van der Waals surface area contributed by atoms with Crippen LogP contribution in [0.25, 0.3) is 43.2 Å². The highest BCUT2D eigenvalue weighted by molar-refractivity contribution is 7.22. The van der Waals surface area contributed by atoms with Crippen molar-refractivity contribution < 1.29 is 14.3 Å². The van der Waals surface area contributed by atoms with Gasteiger partial charge >= 0.3 is 5.97 Å². The van der Waals surface area contributed by atoms with Crippen molar-refractivity contribution in [2.24, 2.45) is 17.8 Å². The molecule has 3 N–H and O–H groups in total. The third-order valence-electron chi connectivity index (χ3n) is 7.91. The van der Waals surface area contributed by atoms with Gasteiger partial charge in [-0.2, -0.15) is 0 Å². The van der Waals surface area contributed by atoms with E-state index in [1.807, 2.05) is 30.3 Å². The molecule has 4 aromatic heterocycles. The Morgan fingerprint density at radius 2 is 1.92 bits per heavy atom. The Morgan fingerprint density at radius 1 is 1.13 bits per heavy atom. The monoisotopic (exact) mass is 548 g/mol. The molecular weight excluding hydrogens is 527 g/mol. The first kappa shape index (κ1) is 23.5. The van der Waals surface area contributed by atoms with Crippen molar-refractivity contribution in [1.82, 2.24) is 24.9 Å². The smallest absolute Gasteiger partial charge is 0.308 e. The summed E-state index contributed by atoms with van der Waals surface area (Å²) < 4.78 is 17.2. The van der Waals surface area contributed by atoms with Gasteiger partial charge in [0.15, 0.2) is 23.1 Å². The van der Waals surface area contributed by atoms with E-state index in [9.17, 15) is 9.90 Å². The number of carboxylic acid groups (broad SMARTS) is 1. The highest BCUT2D eigenvalue weighted by Gasteiger charge is 2.47. The number of thiophene rings is 1. The molecule has 3 saturated carbocycles. The molecule has 0 radical (unpaired) electrons. The Morgan fingerprint density at radius 3 is 2.71 bits per heavy atom. The molecule has 11 heteroatoms. The third kappa shape index (κ3) is 3.82. The van der Waals surface area contributed by atoms with Crippen LogP contribution in [-0.2, 0) is 4.79 Å². The van der Waals surface area contributed by atoms with Crippen molar-refractivity contribution in [3.8, 4) is 22.0 Å². The second kappa shape index (κ2) is 8.99. The number of carboxylic acids is 1. The predicted octanol–water partition coefficient (Wildman–Crippen LogP) is 6.39. The van der Waals surface area contributed by atoms with Gasteiger partial charge in [0.25, 0.3) is 0 Å². The first-order valence-electron chi connectivity index (χ1n) is 12.5. The van der Waals surface area contributed by atoms with Crippen LogP contribution in [0.1, 0.15) is 25.7 Å². The minimum Gasteiger partial charge on any atom is -0.481 e. The lowest BCUT2D eigenvalue weighted by Crippen LogP contribution is -2.51. The quantitative estimate of drug-likeness (QED) is 0.233. The number of hydrogen-bond donors (Lipinski definition) is 3. The summed E-state index contributed by atoms with van der Waals surface area (Å²) in [7, 11) is 0. The van der Waals surface area contributed by atoms with E-state index in [2.05, 4.69) is 30.2 Å². The maximum atomic E-state index is 16.2. The van der Waals surface area contributed by atoms with Crippen molar-refractivity contribution >= 4 is 56.0 Å². The molecule has 0 amide bonds. The summed E-state index contributed by atoms with van der Waals surface area (Å²) in [5.74, 6) is -1.54. The van der Waals surface area contributed by atoms with Crippen LogP contribution in [0, 0.1) is 23.6 Å². The van der Waals surface area contributed by atoms with Gasteiger partial charge in [0.1, 0.15) is 16.4 Å². The molecule has 1 aromatic carbocycles. The zero-order valence-electron chi connectivity index (χ0n) is 20.0. The number of nitrogens with zero attached hydrogens (tertiary/aromatic N) is 4. The number of H-pyrrole nitrogens is 1. The fourth-order valence-corrected chi connectivity index (χ4v) is 7.32. The molecule has 38 heavy (non-hydrogen) atoms. The normalized spacial score (nSPS) is 22.8. The van der Waals surface area contributed by atoms with E-state index in [1.165, 1.54) is 17.5 Å². The van der Waals surface area contributed by atoms with Crippen LogP contribution in [0.4, 0.5) is 10.2 Å². The number of aromatic nitrogens is 5. The lowest BCUT2D eigenvalue weighted by molar-refractivity contribution is -0.148. The van der Waals surface area contributed by atoms with E-state index in [1.54, 1.807) is 6.20 Å². The Hall–Kier alpha value is -3.63. The average molecular weight is 549 g/mol. The average Bonchev–Trinajstić information content (AvgIpc) is 3.54. The molecule has 3 aliphatic rings. The number of rotatable bonds is 5. The van der Waals surface area contributed by atoms with Crippen molar-refractivity contribution in [3.05, 3.63) is 53.7 Å². The Kier molecular flexibility index (Phi) is 5.55. The second-order valence-corrected chi connectivity index (χ2v) is 11.5. The van der Waals surface area contributed by atoms with Crippen LogP contribution in [0.5, 0.6) is 0 Å². The van der Waals surface area contributed by atoms with E-state index in [0.717, 1.165) is 35.8 Å². The zero-order chi connectivity index (χ0) is 26.0. The van der Waals surface area contributed by atoms with E-state index in [0.29, 0.717) is 21.6 Å². The summed E-state index contributed by atoms with van der Waals surface area (Å²) >= 11 is 7.45. The van der Waals surface area contributed by atoms with E-state index >= 15 is 4.39 Å². The molecule has 4 heterocycles. The lowest BCUT2D eigenvalue weighted by Gasteiger charge is -2.47. The Bertz CT molecular complexity index is 1680. The zero-order valence-corrected chi connectivity index (χ0v) is 21.6. The number of halogens is 2. The topological polar surface area (TPSA) is 117 Å². The number of fused-ring (bicyclic) bond motifs is 5. The molecule has 8 nitrogen and oxygen atoms in total. The van der Waals surface area contributed by atoms with Gasteiger partial charge in [-0.1, -0.05) is 29.8 Å². The lowest BCUT2D eigenvalue weighted by atomic mass is 9.61. The van der Waals surface area contributed by atoms with Crippen LogP contribution in [0.3, 0.4) is 0 Å². The predicted molar refractivity (Wildman–Crippen MR) is 145 cm³/mol. The maximum absolute atomic E-state index is 16.2. The number of anilines is 1. The summed E-state index contributed by atoms with van der Waals surface area (Å²) in [6.07, 6.45) is 6.74. The van der Waals surface area contributed by atoms with Gasteiger partial charge in [-0.15, -0.1) is 11.3 Å². The number of benzene rings is 1. The number of nitrogens with one attached hydrogen (secondary N) is 2. The van der Waals surface area contributed by atoms with Crippen molar-refractivity contribution in [1.29, 1.82) is 0 Å². The van der Waals surface area contributed by atoms with Gasteiger partial charge in [-0.25, -0.2) is 24.3 Å². The van der Waals surface area contributed by atoms with Crippen LogP contribution >= 0.6 is 22.9 Å². The summed E-state index contributed by atoms with van der Waals surface area (Å²) in [6.45, 7) is 0. The second-order valence-electron chi connectivity index (χ2n) is 10.0. The van der Waals surface area contributed by atoms with Crippen LogP contribution in [0.15, 0.2) is 42.7 Å². The molecule has 3 aliphatic carbocycles. The Balaban J connectivity index is 1.39. The van der Waals surface area contributed by atoms with Gasteiger partial charge in [0, 0.05) is 16.9 Å². The van der Waals surface area contributed by atoms with Crippen LogP contribution < -0.4 is 5.32 Å². The highest BCUT2D eigenvalue weighted by atomic mass is 35.5. The standard InChI is InChI=1S/C27H22ClFN6O2S/c28-18-11-30-22-15(10-31-26(22)32-18)24-34-23(17-9-14-3-1-2-4-16(14)38-17)20(29)25(35-24)33-21-13-7-5-12(6-8-13)19(21)27(36)37/h1-4,9-13,19,21H,5-8H2,(H,31,32)(H,36,37)(H,33,34,35)/t12?,13?,19-,21-/m0/s1. The minimum atomic E-state index is -0.847. The third-order valence-corrected chi connectivity index (χ3v) is 9.22. The van der Waals surface area contributed by atoms with Gasteiger partial charge in [-0.05, 0) is 55.0 Å². The molecule has 3 fully saturated rings. The molecular formula is C27H22ClFN6O2S. The van der Waals surface area contributed by atoms with E-state index < -0.39 is 23.7 Å². The van der Waals surface area contributed by atoms with E-state index in [-0.39, 0.29) is 34.3 Å². The molecule has 0 unspecified atom stereocenters. The van der Waals surface area contributed by atoms with Crippen LogP contribution in [-0.4, -0.2) is 42.0 Å². The first-order chi connectivity index (χ1) is 18.5. The number of aliphatic carboxylic acids is 1. The summed E-state index contributed by atoms with van der Waals surface area (Å²) in [4.78, 5) is 33.8.